The topological polar surface area (TPSA) is 89.4 Å². The lowest BCUT2D eigenvalue weighted by Gasteiger charge is -2.32. The van der Waals surface area contributed by atoms with Gasteiger partial charge in [0.25, 0.3) is 0 Å². The van der Waals surface area contributed by atoms with Crippen molar-refractivity contribution in [2.45, 2.75) is 25.7 Å². The number of hydrogen-bond donors (Lipinski definition) is 2. The molecular formula is C15H21N3O2. The number of nitrogens with zero attached hydrogens (tertiary/aromatic N) is 1. The number of primary amides is 1. The Morgan fingerprint density at radius 1 is 1.30 bits per heavy atom. The lowest BCUT2D eigenvalue weighted by Crippen LogP contribution is -2.43. The number of nitrogens with two attached hydrogens (primary N) is 2. The second-order valence-corrected chi connectivity index (χ2v) is 5.39. The van der Waals surface area contributed by atoms with Gasteiger partial charge in [-0.2, -0.15) is 0 Å². The second-order valence-electron chi connectivity index (χ2n) is 5.39. The molecule has 2 amide bonds. The van der Waals surface area contributed by atoms with Crippen molar-refractivity contribution in [3.05, 3.63) is 29.8 Å². The number of piperidine rings is 1. The standard InChI is InChI=1S/C15H21N3O2/c1-10(12-3-2-4-13(16)9-12)15(20)18-7-5-11(6-8-18)14(17)19/h2-4,9-11H,5-8,16H2,1H3,(H2,17,19). The van der Waals surface area contributed by atoms with Crippen LogP contribution in [-0.4, -0.2) is 29.8 Å². The minimum absolute atomic E-state index is 0.0820. The van der Waals surface area contributed by atoms with Crippen LogP contribution in [0.1, 0.15) is 31.2 Å². The Morgan fingerprint density at radius 2 is 1.95 bits per heavy atom. The molecule has 0 bridgehead atoms. The second kappa shape index (κ2) is 5.94. The third-order valence-electron chi connectivity index (χ3n) is 3.99. The maximum absolute atomic E-state index is 12.5. The summed E-state index contributed by atoms with van der Waals surface area (Å²) in [6.07, 6.45) is 1.31. The zero-order valence-corrected chi connectivity index (χ0v) is 11.7. The first-order valence-electron chi connectivity index (χ1n) is 6.92. The third kappa shape index (κ3) is 3.10. The molecule has 0 saturated carbocycles. The summed E-state index contributed by atoms with van der Waals surface area (Å²) in [6.45, 7) is 3.08. The van der Waals surface area contributed by atoms with Crippen LogP contribution < -0.4 is 11.5 Å². The lowest BCUT2D eigenvalue weighted by molar-refractivity contribution is -0.135. The summed E-state index contributed by atoms with van der Waals surface area (Å²) in [4.78, 5) is 25.4. The van der Waals surface area contributed by atoms with E-state index in [0.29, 0.717) is 31.6 Å². The van der Waals surface area contributed by atoms with Crippen molar-refractivity contribution in [1.82, 2.24) is 4.90 Å². The Hall–Kier alpha value is -2.04. The largest absolute Gasteiger partial charge is 0.399 e. The van der Waals surface area contributed by atoms with E-state index < -0.39 is 0 Å². The zero-order chi connectivity index (χ0) is 14.7. The quantitative estimate of drug-likeness (QED) is 0.809. The summed E-state index contributed by atoms with van der Waals surface area (Å²) >= 11 is 0. The van der Waals surface area contributed by atoms with Crippen LogP contribution in [0.4, 0.5) is 5.69 Å². The molecule has 1 atom stereocenters. The first-order chi connectivity index (χ1) is 9.49. The fourth-order valence-corrected chi connectivity index (χ4v) is 2.63. The minimum atomic E-state index is -0.263. The Balaban J connectivity index is 2.00. The molecule has 4 N–H and O–H groups in total. The smallest absolute Gasteiger partial charge is 0.229 e. The Morgan fingerprint density at radius 3 is 2.50 bits per heavy atom. The van der Waals surface area contributed by atoms with E-state index in [1.54, 1.807) is 6.07 Å². The van der Waals surface area contributed by atoms with Crippen molar-refractivity contribution in [3.63, 3.8) is 0 Å². The molecule has 1 fully saturated rings. The van der Waals surface area contributed by atoms with Gasteiger partial charge in [0.1, 0.15) is 0 Å². The molecule has 1 heterocycles. The molecule has 0 radical (unpaired) electrons. The summed E-state index contributed by atoms with van der Waals surface area (Å²) in [5.74, 6) is -0.496. The van der Waals surface area contributed by atoms with E-state index in [1.165, 1.54) is 0 Å². The summed E-state index contributed by atoms with van der Waals surface area (Å²) in [5.41, 5.74) is 12.6. The lowest BCUT2D eigenvalue weighted by atomic mass is 9.93. The van der Waals surface area contributed by atoms with E-state index in [2.05, 4.69) is 0 Å². The van der Waals surface area contributed by atoms with Crippen LogP contribution >= 0.6 is 0 Å². The van der Waals surface area contributed by atoms with Gasteiger partial charge in [-0.3, -0.25) is 9.59 Å². The highest BCUT2D eigenvalue weighted by Gasteiger charge is 2.28. The predicted molar refractivity (Wildman–Crippen MR) is 77.8 cm³/mol. The molecule has 1 aromatic carbocycles. The molecule has 1 aliphatic heterocycles. The molecule has 5 nitrogen and oxygen atoms in total. The van der Waals surface area contributed by atoms with Gasteiger partial charge in [-0.05, 0) is 37.5 Å². The van der Waals surface area contributed by atoms with Gasteiger partial charge in [-0.1, -0.05) is 12.1 Å². The molecule has 1 saturated heterocycles. The Labute approximate surface area is 118 Å². The van der Waals surface area contributed by atoms with Crippen molar-refractivity contribution < 1.29 is 9.59 Å². The highest BCUT2D eigenvalue weighted by Crippen LogP contribution is 2.23. The fourth-order valence-electron chi connectivity index (χ4n) is 2.63. The maximum atomic E-state index is 12.5. The van der Waals surface area contributed by atoms with Gasteiger partial charge < -0.3 is 16.4 Å². The zero-order valence-electron chi connectivity index (χ0n) is 11.7. The van der Waals surface area contributed by atoms with Crippen LogP contribution in [0.15, 0.2) is 24.3 Å². The number of nitrogen functional groups attached to an aromatic ring is 1. The van der Waals surface area contributed by atoms with E-state index in [-0.39, 0.29) is 23.7 Å². The molecule has 108 valence electrons. The van der Waals surface area contributed by atoms with Crippen molar-refractivity contribution in [1.29, 1.82) is 0 Å². The fraction of sp³-hybridized carbons (Fsp3) is 0.467. The molecule has 0 aromatic heterocycles. The first-order valence-corrected chi connectivity index (χ1v) is 6.92. The van der Waals surface area contributed by atoms with Gasteiger partial charge in [-0.25, -0.2) is 0 Å². The molecule has 0 aliphatic carbocycles. The van der Waals surface area contributed by atoms with Crippen molar-refractivity contribution in [3.8, 4) is 0 Å². The highest BCUT2D eigenvalue weighted by molar-refractivity contribution is 5.84. The van der Waals surface area contributed by atoms with Crippen LogP contribution in [0.25, 0.3) is 0 Å². The summed E-state index contributed by atoms with van der Waals surface area (Å²) in [6, 6.07) is 7.40. The maximum Gasteiger partial charge on any atom is 0.229 e. The van der Waals surface area contributed by atoms with Crippen LogP contribution in [-0.2, 0) is 9.59 Å². The number of rotatable bonds is 3. The molecule has 1 aliphatic rings. The van der Waals surface area contributed by atoms with Crippen LogP contribution in [0, 0.1) is 5.92 Å². The molecule has 2 rings (SSSR count). The van der Waals surface area contributed by atoms with Gasteiger partial charge in [0.05, 0.1) is 5.92 Å². The molecule has 1 unspecified atom stereocenters. The van der Waals surface area contributed by atoms with E-state index in [9.17, 15) is 9.59 Å². The third-order valence-corrected chi connectivity index (χ3v) is 3.99. The summed E-state index contributed by atoms with van der Waals surface area (Å²) < 4.78 is 0. The normalized spacial score (nSPS) is 17.8. The molecule has 1 aromatic rings. The number of carbonyl (C=O) groups excluding carboxylic acids is 2. The van der Waals surface area contributed by atoms with Crippen molar-refractivity contribution >= 4 is 17.5 Å². The van der Waals surface area contributed by atoms with Gasteiger partial charge in [0.15, 0.2) is 0 Å². The predicted octanol–water partition coefficient (Wildman–Crippen LogP) is 1.10. The van der Waals surface area contributed by atoms with E-state index >= 15 is 0 Å². The van der Waals surface area contributed by atoms with Crippen molar-refractivity contribution in [2.24, 2.45) is 11.7 Å². The summed E-state index contributed by atoms with van der Waals surface area (Å²) in [7, 11) is 0. The average molecular weight is 275 g/mol. The molecule has 5 heteroatoms. The number of amides is 2. The van der Waals surface area contributed by atoms with Gasteiger partial charge in [-0.15, -0.1) is 0 Å². The van der Waals surface area contributed by atoms with Crippen LogP contribution in [0.2, 0.25) is 0 Å². The highest BCUT2D eigenvalue weighted by atomic mass is 16.2. The Kier molecular flexibility index (Phi) is 4.27. The number of anilines is 1. The summed E-state index contributed by atoms with van der Waals surface area (Å²) in [5, 5.41) is 0. The first kappa shape index (κ1) is 14.4. The van der Waals surface area contributed by atoms with E-state index in [1.807, 2.05) is 30.0 Å². The van der Waals surface area contributed by atoms with E-state index in [0.717, 1.165) is 5.56 Å². The number of hydrogen-bond acceptors (Lipinski definition) is 3. The van der Waals surface area contributed by atoms with E-state index in [4.69, 9.17) is 11.5 Å². The number of carbonyl (C=O) groups is 2. The monoisotopic (exact) mass is 275 g/mol. The SMILES string of the molecule is CC(C(=O)N1CCC(C(N)=O)CC1)c1cccc(N)c1. The minimum Gasteiger partial charge on any atom is -0.399 e. The molecule has 20 heavy (non-hydrogen) atoms. The van der Waals surface area contributed by atoms with Crippen LogP contribution in [0.5, 0.6) is 0 Å². The molecule has 0 spiro atoms. The van der Waals surface area contributed by atoms with Gasteiger partial charge in [0.2, 0.25) is 11.8 Å². The van der Waals surface area contributed by atoms with Gasteiger partial charge >= 0.3 is 0 Å². The van der Waals surface area contributed by atoms with Gasteiger partial charge in [0, 0.05) is 24.7 Å². The number of benzene rings is 1. The average Bonchev–Trinajstić information content (AvgIpc) is 2.46. The Bertz CT molecular complexity index is 508. The van der Waals surface area contributed by atoms with Crippen molar-refractivity contribution in [2.75, 3.05) is 18.8 Å². The molecular weight excluding hydrogens is 254 g/mol. The number of likely N-dealkylation sites (tertiary alicyclic amines) is 1. The van der Waals surface area contributed by atoms with Crippen LogP contribution in [0.3, 0.4) is 0 Å².